The van der Waals surface area contributed by atoms with Crippen molar-refractivity contribution >= 4 is 11.9 Å². The predicted molar refractivity (Wildman–Crippen MR) is 101 cm³/mol. The van der Waals surface area contributed by atoms with Crippen LogP contribution in [0.15, 0.2) is 17.1 Å². The van der Waals surface area contributed by atoms with Crippen LogP contribution in [0.1, 0.15) is 36.4 Å². The number of ether oxygens (including phenoxy) is 2. The van der Waals surface area contributed by atoms with Gasteiger partial charge in [0.15, 0.2) is 17.5 Å². The van der Waals surface area contributed by atoms with E-state index in [-0.39, 0.29) is 23.9 Å². The summed E-state index contributed by atoms with van der Waals surface area (Å²) in [5.74, 6) is 2.04. The fraction of sp³-hybridized carbons (Fsp3) is 0.600. The van der Waals surface area contributed by atoms with E-state index in [0.29, 0.717) is 12.0 Å². The number of hydrogen-bond donors (Lipinski definition) is 1. The molecule has 3 aliphatic heterocycles. The van der Waals surface area contributed by atoms with Crippen LogP contribution < -0.4 is 15.2 Å². The highest BCUT2D eigenvalue weighted by atomic mass is 16.5. The van der Waals surface area contributed by atoms with E-state index in [2.05, 4.69) is 22.0 Å². The number of piperidine rings is 1. The molecule has 0 aromatic heterocycles. The van der Waals surface area contributed by atoms with Crippen LogP contribution in [-0.4, -0.2) is 61.6 Å². The molecule has 2 unspecified atom stereocenters. The summed E-state index contributed by atoms with van der Waals surface area (Å²) in [6.45, 7) is 2.34. The topological polar surface area (TPSA) is 80.4 Å². The van der Waals surface area contributed by atoms with E-state index in [1.807, 2.05) is 0 Å². The number of nitrogens with zero attached hydrogens (tertiary/aromatic N) is 3. The van der Waals surface area contributed by atoms with E-state index in [1.54, 1.807) is 19.1 Å². The molecule has 144 valence electrons. The lowest BCUT2D eigenvalue weighted by atomic mass is 9.79. The van der Waals surface area contributed by atoms with Crippen molar-refractivity contribution in [2.75, 3.05) is 33.9 Å². The summed E-state index contributed by atoms with van der Waals surface area (Å²) in [7, 11) is 3.37. The molecule has 0 radical (unpaired) electrons. The van der Waals surface area contributed by atoms with Crippen LogP contribution in [0, 0.1) is 5.41 Å². The van der Waals surface area contributed by atoms with Gasteiger partial charge in [-0.25, -0.2) is 4.99 Å². The second-order valence-electron chi connectivity index (χ2n) is 8.18. The first-order valence-electron chi connectivity index (χ1n) is 9.67. The van der Waals surface area contributed by atoms with Crippen molar-refractivity contribution in [3.05, 3.63) is 23.3 Å². The minimum Gasteiger partial charge on any atom is -0.493 e. The Morgan fingerprint density at radius 3 is 2.67 bits per heavy atom. The van der Waals surface area contributed by atoms with Crippen molar-refractivity contribution < 1.29 is 14.3 Å². The summed E-state index contributed by atoms with van der Waals surface area (Å²) >= 11 is 0. The monoisotopic (exact) mass is 370 g/mol. The van der Waals surface area contributed by atoms with Gasteiger partial charge >= 0.3 is 0 Å². The molecule has 3 heterocycles. The summed E-state index contributed by atoms with van der Waals surface area (Å²) in [4.78, 5) is 20.7. The molecule has 1 aromatic carbocycles. The maximum absolute atomic E-state index is 12.2. The van der Waals surface area contributed by atoms with E-state index in [0.717, 1.165) is 50.3 Å². The third-order valence-electron chi connectivity index (χ3n) is 6.96. The van der Waals surface area contributed by atoms with Crippen LogP contribution in [0.3, 0.4) is 0 Å². The molecule has 1 saturated heterocycles. The van der Waals surface area contributed by atoms with E-state index in [9.17, 15) is 4.79 Å². The summed E-state index contributed by atoms with van der Waals surface area (Å²) in [5, 5.41) is 0. The number of fused-ring (bicyclic) bond motifs is 3. The number of aliphatic imine (C=N–C) groups is 1. The molecule has 2 fully saturated rings. The second kappa shape index (κ2) is 5.86. The molecule has 3 atom stereocenters. The standard InChI is InChI=1S/C20H26N4O3/c1-26-15-7-12-3-5-23-6-4-20(9-14(23)13(12)8-16(15)27-2)10-17(20)24-18(25)11-22-19(24)21/h7-8,14,17H,3-6,9-11H2,1-2H3,(H2,21,22)/t14-,17?,20?/m0/s1. The highest BCUT2D eigenvalue weighted by Crippen LogP contribution is 2.61. The minimum atomic E-state index is 0.0484. The Labute approximate surface area is 159 Å². The molecule has 7 nitrogen and oxygen atoms in total. The molecule has 1 saturated carbocycles. The maximum Gasteiger partial charge on any atom is 0.251 e. The Hall–Kier alpha value is -2.28. The number of carbonyl (C=O) groups excluding carboxylic acids is 1. The van der Waals surface area contributed by atoms with Crippen molar-refractivity contribution in [2.45, 2.75) is 37.8 Å². The summed E-state index contributed by atoms with van der Waals surface area (Å²) in [5.41, 5.74) is 8.86. The number of benzene rings is 1. The molecule has 1 aromatic rings. The molecule has 1 aliphatic carbocycles. The lowest BCUT2D eigenvalue weighted by Crippen LogP contribution is -2.46. The Kier molecular flexibility index (Phi) is 3.66. The van der Waals surface area contributed by atoms with Gasteiger partial charge in [-0.3, -0.25) is 14.6 Å². The zero-order valence-corrected chi connectivity index (χ0v) is 15.9. The first-order chi connectivity index (χ1) is 13.1. The number of hydrogen-bond acceptors (Lipinski definition) is 6. The third-order valence-corrected chi connectivity index (χ3v) is 6.96. The fourth-order valence-electron chi connectivity index (χ4n) is 5.38. The fourth-order valence-corrected chi connectivity index (χ4v) is 5.38. The van der Waals surface area contributed by atoms with Crippen LogP contribution in [-0.2, 0) is 11.2 Å². The van der Waals surface area contributed by atoms with Gasteiger partial charge in [0.05, 0.1) is 14.2 Å². The van der Waals surface area contributed by atoms with Crippen molar-refractivity contribution in [3.63, 3.8) is 0 Å². The van der Waals surface area contributed by atoms with Gasteiger partial charge in [-0.15, -0.1) is 0 Å². The van der Waals surface area contributed by atoms with Gasteiger partial charge in [-0.05, 0) is 60.9 Å². The maximum atomic E-state index is 12.2. The predicted octanol–water partition coefficient (Wildman–Crippen LogP) is 1.31. The van der Waals surface area contributed by atoms with E-state index in [1.165, 1.54) is 11.1 Å². The van der Waals surface area contributed by atoms with Gasteiger partial charge in [-0.1, -0.05) is 0 Å². The Balaban J connectivity index is 1.44. The summed E-state index contributed by atoms with van der Waals surface area (Å²) < 4.78 is 11.0. The largest absolute Gasteiger partial charge is 0.493 e. The average molecular weight is 370 g/mol. The number of rotatable bonds is 3. The third kappa shape index (κ3) is 2.44. The molecule has 7 heteroatoms. The molecule has 1 spiro atoms. The number of guanidine groups is 1. The normalized spacial score (nSPS) is 32.1. The van der Waals surface area contributed by atoms with Crippen LogP contribution in [0.25, 0.3) is 0 Å². The van der Waals surface area contributed by atoms with Gasteiger partial charge in [0.1, 0.15) is 6.54 Å². The van der Waals surface area contributed by atoms with Crippen molar-refractivity contribution in [1.82, 2.24) is 9.80 Å². The molecular weight excluding hydrogens is 344 g/mol. The molecular formula is C20H26N4O3. The molecule has 0 bridgehead atoms. The zero-order chi connectivity index (χ0) is 18.8. The summed E-state index contributed by atoms with van der Waals surface area (Å²) in [6.07, 6.45) is 4.24. The Morgan fingerprint density at radius 1 is 1.19 bits per heavy atom. The minimum absolute atomic E-state index is 0.0484. The lowest BCUT2D eigenvalue weighted by molar-refractivity contribution is -0.125. The smallest absolute Gasteiger partial charge is 0.251 e. The van der Waals surface area contributed by atoms with Crippen LogP contribution in [0.5, 0.6) is 11.5 Å². The number of nitrogens with two attached hydrogens (primary N) is 1. The highest BCUT2D eigenvalue weighted by Gasteiger charge is 2.62. The van der Waals surface area contributed by atoms with E-state index in [4.69, 9.17) is 15.2 Å². The first-order valence-corrected chi connectivity index (χ1v) is 9.67. The molecule has 27 heavy (non-hydrogen) atoms. The molecule has 1 amide bonds. The van der Waals surface area contributed by atoms with E-state index < -0.39 is 0 Å². The number of amides is 1. The van der Waals surface area contributed by atoms with Gasteiger partial charge in [0.25, 0.3) is 5.91 Å². The molecule has 2 N–H and O–H groups in total. The van der Waals surface area contributed by atoms with Gasteiger partial charge in [-0.2, -0.15) is 0 Å². The van der Waals surface area contributed by atoms with Crippen LogP contribution in [0.2, 0.25) is 0 Å². The van der Waals surface area contributed by atoms with Gasteiger partial charge in [0, 0.05) is 18.6 Å². The van der Waals surface area contributed by atoms with Crippen molar-refractivity contribution in [3.8, 4) is 11.5 Å². The Morgan fingerprint density at radius 2 is 1.96 bits per heavy atom. The zero-order valence-electron chi connectivity index (χ0n) is 15.9. The SMILES string of the molecule is COc1cc2c(cc1OC)[C@@H]1CC3(CCN1CC2)CC3N1C(=O)CN=C1N. The summed E-state index contributed by atoms with van der Waals surface area (Å²) in [6, 6.07) is 4.86. The average Bonchev–Trinajstić information content (AvgIpc) is 3.25. The quantitative estimate of drug-likeness (QED) is 0.868. The van der Waals surface area contributed by atoms with Gasteiger partial charge < -0.3 is 15.2 Å². The van der Waals surface area contributed by atoms with Crippen molar-refractivity contribution in [1.29, 1.82) is 0 Å². The Bertz CT molecular complexity index is 839. The van der Waals surface area contributed by atoms with Crippen molar-refractivity contribution in [2.24, 2.45) is 16.1 Å². The van der Waals surface area contributed by atoms with Gasteiger partial charge in [0.2, 0.25) is 0 Å². The molecule has 5 rings (SSSR count). The second-order valence-corrected chi connectivity index (χ2v) is 8.18. The van der Waals surface area contributed by atoms with Crippen LogP contribution in [0.4, 0.5) is 0 Å². The van der Waals surface area contributed by atoms with Crippen LogP contribution >= 0.6 is 0 Å². The number of methoxy groups -OCH3 is 2. The molecule has 4 aliphatic rings. The first kappa shape index (κ1) is 16.9. The number of carbonyl (C=O) groups is 1. The lowest BCUT2D eigenvalue weighted by Gasteiger charge is -2.44. The van der Waals surface area contributed by atoms with E-state index >= 15 is 0 Å². The highest BCUT2D eigenvalue weighted by molar-refractivity contribution is 6.03.